The van der Waals surface area contributed by atoms with E-state index in [1.54, 1.807) is 13.0 Å². The van der Waals surface area contributed by atoms with Crippen LogP contribution >= 0.6 is 11.3 Å². The van der Waals surface area contributed by atoms with Gasteiger partial charge in [-0.25, -0.2) is 4.79 Å². The lowest BCUT2D eigenvalue weighted by atomic mass is 10.0. The number of carbonyl (C=O) groups is 2. The van der Waals surface area contributed by atoms with E-state index in [1.165, 1.54) is 34.3 Å². The Morgan fingerprint density at radius 3 is 2.55 bits per heavy atom. The van der Waals surface area contributed by atoms with Gasteiger partial charge in [0.1, 0.15) is 5.00 Å². The van der Waals surface area contributed by atoms with E-state index in [0.29, 0.717) is 23.1 Å². The van der Waals surface area contributed by atoms with E-state index in [-0.39, 0.29) is 11.9 Å². The van der Waals surface area contributed by atoms with Crippen molar-refractivity contribution in [1.82, 2.24) is 0 Å². The molecule has 0 aliphatic heterocycles. The number of fused-ring (bicyclic) bond motifs is 1. The summed E-state index contributed by atoms with van der Waals surface area (Å²) in [4.78, 5) is 26.3. The number of carbonyl (C=O) groups excluding carboxylic acids is 2. The molecule has 0 saturated heterocycles. The molecule has 1 N–H and O–H groups in total. The van der Waals surface area contributed by atoms with Crippen molar-refractivity contribution >= 4 is 34.3 Å². The van der Waals surface area contributed by atoms with Crippen molar-refractivity contribution in [3.8, 4) is 0 Å². The Bertz CT molecular complexity index is 894. The second kappa shape index (κ2) is 9.88. The van der Waals surface area contributed by atoms with E-state index >= 15 is 0 Å². The molecular weight excluding hydrogens is 382 g/mol. The molecule has 1 aliphatic carbocycles. The van der Waals surface area contributed by atoms with E-state index in [1.807, 2.05) is 12.1 Å². The molecule has 2 aromatic rings. The number of amides is 1. The Hall–Kier alpha value is -2.40. The van der Waals surface area contributed by atoms with Gasteiger partial charge in [0, 0.05) is 11.0 Å². The number of benzene rings is 1. The van der Waals surface area contributed by atoms with Crippen LogP contribution < -0.4 is 5.32 Å². The highest BCUT2D eigenvalue weighted by Crippen LogP contribution is 2.38. The Balaban J connectivity index is 1.77. The summed E-state index contributed by atoms with van der Waals surface area (Å²) in [5.41, 5.74) is 3.86. The van der Waals surface area contributed by atoms with Crippen LogP contribution in [-0.2, 0) is 22.4 Å². The molecule has 154 valence electrons. The molecule has 0 saturated carbocycles. The van der Waals surface area contributed by atoms with Crippen molar-refractivity contribution in [2.45, 2.75) is 58.8 Å². The highest BCUT2D eigenvalue weighted by atomic mass is 32.1. The maximum atomic E-state index is 12.6. The summed E-state index contributed by atoms with van der Waals surface area (Å²) in [5.74, 6) is -0.0953. The zero-order valence-corrected chi connectivity index (χ0v) is 18.2. The van der Waals surface area contributed by atoms with Crippen LogP contribution in [0.5, 0.6) is 0 Å². The molecule has 0 spiro atoms. The van der Waals surface area contributed by atoms with Crippen molar-refractivity contribution in [1.29, 1.82) is 0 Å². The van der Waals surface area contributed by atoms with Gasteiger partial charge in [0.15, 0.2) is 0 Å². The molecule has 4 nitrogen and oxygen atoms in total. The van der Waals surface area contributed by atoms with Crippen molar-refractivity contribution in [3.05, 3.63) is 57.5 Å². The fraction of sp³-hybridized carbons (Fsp3) is 0.417. The predicted octanol–water partition coefficient (Wildman–Crippen LogP) is 5.97. The van der Waals surface area contributed by atoms with Gasteiger partial charge in [-0.05, 0) is 61.3 Å². The molecule has 29 heavy (non-hydrogen) atoms. The Morgan fingerprint density at radius 1 is 1.14 bits per heavy atom. The van der Waals surface area contributed by atoms with Crippen LogP contribution in [0.25, 0.3) is 6.08 Å². The van der Waals surface area contributed by atoms with E-state index in [2.05, 4.69) is 31.3 Å². The number of nitrogens with one attached hydrogen (secondary N) is 1. The standard InChI is InChI=1S/C24H29NO3S/c1-4-28-24(27)22-19-8-6-5-7-9-20(19)29-23(22)25-21(26)15-12-17-10-13-18(14-11-17)16(2)3/h10-16H,4-9H2,1-3H3,(H,25,26). The average Bonchev–Trinajstić information content (AvgIpc) is 2.87. The summed E-state index contributed by atoms with van der Waals surface area (Å²) in [5, 5.41) is 3.53. The second-order valence-electron chi connectivity index (χ2n) is 7.63. The summed E-state index contributed by atoms with van der Waals surface area (Å²) in [6.07, 6.45) is 8.50. The molecule has 1 heterocycles. The number of rotatable bonds is 6. The number of anilines is 1. The minimum Gasteiger partial charge on any atom is -0.462 e. The van der Waals surface area contributed by atoms with Gasteiger partial charge in [0.25, 0.3) is 0 Å². The van der Waals surface area contributed by atoms with Crippen LogP contribution in [0.3, 0.4) is 0 Å². The first-order chi connectivity index (χ1) is 14.0. The summed E-state index contributed by atoms with van der Waals surface area (Å²) in [7, 11) is 0. The van der Waals surface area contributed by atoms with Gasteiger partial charge >= 0.3 is 5.97 Å². The molecule has 3 rings (SSSR count). The minimum atomic E-state index is -0.338. The summed E-state index contributed by atoms with van der Waals surface area (Å²) in [6.45, 7) is 6.43. The number of aryl methyl sites for hydroxylation is 1. The molecule has 0 radical (unpaired) electrons. The lowest BCUT2D eigenvalue weighted by Crippen LogP contribution is -2.13. The third-order valence-electron chi connectivity index (χ3n) is 5.17. The number of thiophene rings is 1. The predicted molar refractivity (Wildman–Crippen MR) is 120 cm³/mol. The van der Waals surface area contributed by atoms with Gasteiger partial charge in [-0.3, -0.25) is 4.79 Å². The van der Waals surface area contributed by atoms with Crippen LogP contribution in [0.1, 0.15) is 77.9 Å². The van der Waals surface area contributed by atoms with Crippen LogP contribution in [0.15, 0.2) is 30.3 Å². The van der Waals surface area contributed by atoms with Gasteiger partial charge < -0.3 is 10.1 Å². The van der Waals surface area contributed by atoms with Gasteiger partial charge in [0.05, 0.1) is 12.2 Å². The second-order valence-corrected chi connectivity index (χ2v) is 8.74. The van der Waals surface area contributed by atoms with E-state index in [0.717, 1.165) is 36.8 Å². The van der Waals surface area contributed by atoms with Gasteiger partial charge in [0.2, 0.25) is 5.91 Å². The van der Waals surface area contributed by atoms with E-state index < -0.39 is 0 Å². The molecular formula is C24H29NO3S. The first-order valence-corrected chi connectivity index (χ1v) is 11.2. The van der Waals surface area contributed by atoms with Gasteiger partial charge in [-0.1, -0.05) is 44.5 Å². The van der Waals surface area contributed by atoms with Crippen LogP contribution in [-0.4, -0.2) is 18.5 Å². The lowest BCUT2D eigenvalue weighted by Gasteiger charge is -2.07. The smallest absolute Gasteiger partial charge is 0.341 e. The Labute approximate surface area is 177 Å². The highest BCUT2D eigenvalue weighted by Gasteiger charge is 2.26. The number of esters is 1. The number of hydrogen-bond acceptors (Lipinski definition) is 4. The van der Waals surface area contributed by atoms with Crippen molar-refractivity contribution in [3.63, 3.8) is 0 Å². The maximum Gasteiger partial charge on any atom is 0.341 e. The molecule has 5 heteroatoms. The topological polar surface area (TPSA) is 55.4 Å². The van der Waals surface area contributed by atoms with Crippen molar-refractivity contribution in [2.75, 3.05) is 11.9 Å². The first kappa shape index (κ1) is 21.3. The normalized spacial score (nSPS) is 13.9. The Morgan fingerprint density at radius 2 is 1.86 bits per heavy atom. The van der Waals surface area contributed by atoms with Crippen LogP contribution in [0, 0.1) is 0 Å². The third kappa shape index (κ3) is 5.36. The maximum absolute atomic E-state index is 12.6. The molecule has 0 fully saturated rings. The summed E-state index contributed by atoms with van der Waals surface area (Å²) < 4.78 is 5.27. The van der Waals surface area contributed by atoms with Crippen LogP contribution in [0.2, 0.25) is 0 Å². The zero-order chi connectivity index (χ0) is 20.8. The molecule has 0 bridgehead atoms. The Kier molecular flexibility index (Phi) is 7.26. The average molecular weight is 412 g/mol. The fourth-order valence-electron chi connectivity index (χ4n) is 3.57. The highest BCUT2D eigenvalue weighted by molar-refractivity contribution is 7.17. The quantitative estimate of drug-likeness (QED) is 0.362. The van der Waals surface area contributed by atoms with Crippen LogP contribution in [0.4, 0.5) is 5.00 Å². The molecule has 1 aromatic carbocycles. The third-order valence-corrected chi connectivity index (χ3v) is 6.38. The van der Waals surface area contributed by atoms with Crippen molar-refractivity contribution < 1.29 is 14.3 Å². The van der Waals surface area contributed by atoms with Crippen molar-refractivity contribution in [2.24, 2.45) is 0 Å². The molecule has 1 aromatic heterocycles. The molecule has 1 amide bonds. The van der Waals surface area contributed by atoms with E-state index in [4.69, 9.17) is 4.74 Å². The largest absolute Gasteiger partial charge is 0.462 e. The molecule has 0 unspecified atom stereocenters. The molecule has 1 aliphatic rings. The van der Waals surface area contributed by atoms with Gasteiger partial charge in [-0.15, -0.1) is 11.3 Å². The zero-order valence-electron chi connectivity index (χ0n) is 17.4. The van der Waals surface area contributed by atoms with Gasteiger partial charge in [-0.2, -0.15) is 0 Å². The lowest BCUT2D eigenvalue weighted by molar-refractivity contribution is -0.111. The summed E-state index contributed by atoms with van der Waals surface area (Å²) in [6, 6.07) is 8.18. The summed E-state index contributed by atoms with van der Waals surface area (Å²) >= 11 is 1.52. The monoisotopic (exact) mass is 411 g/mol. The first-order valence-electron chi connectivity index (χ1n) is 10.4. The van der Waals surface area contributed by atoms with E-state index in [9.17, 15) is 9.59 Å². The molecule has 0 atom stereocenters. The number of hydrogen-bond donors (Lipinski definition) is 1. The minimum absolute atomic E-state index is 0.236. The number of ether oxygens (including phenoxy) is 1. The fourth-order valence-corrected chi connectivity index (χ4v) is 4.85. The SMILES string of the molecule is CCOC(=O)c1c(NC(=O)C=Cc2ccc(C(C)C)cc2)sc2c1CCCCC2.